The number of nitriles is 1. The molecule has 0 aliphatic carbocycles. The summed E-state index contributed by atoms with van der Waals surface area (Å²) in [6, 6.07) is -1.97. The first-order chi connectivity index (χ1) is 16.0. The van der Waals surface area contributed by atoms with E-state index in [1.54, 1.807) is 0 Å². The number of nitrogens with one attached hydrogen (secondary N) is 3. The first kappa shape index (κ1) is 28.8. The number of hydrogen-bond donors (Lipinski definition) is 3. The van der Waals surface area contributed by atoms with Gasteiger partial charge in [-0.1, -0.05) is 27.7 Å². The van der Waals surface area contributed by atoms with E-state index in [9.17, 15) is 41.2 Å². The Labute approximate surface area is 203 Å². The molecule has 10 nitrogen and oxygen atoms in total. The van der Waals surface area contributed by atoms with Gasteiger partial charge in [-0.2, -0.15) is 23.2 Å². The number of halogens is 3. The Hall–Kier alpha value is -2.40. The average Bonchev–Trinajstić information content (AvgIpc) is 3.13. The normalized spacial score (nSPS) is 25.4. The Kier molecular flexibility index (Phi) is 8.81. The fourth-order valence-corrected chi connectivity index (χ4v) is 5.10. The second kappa shape index (κ2) is 10.7. The van der Waals surface area contributed by atoms with Crippen LogP contribution in [-0.4, -0.2) is 67.8 Å². The van der Waals surface area contributed by atoms with Gasteiger partial charge in [0.2, 0.25) is 17.7 Å². The zero-order valence-corrected chi connectivity index (χ0v) is 20.9. The molecule has 0 saturated carbocycles. The molecule has 2 fully saturated rings. The largest absolute Gasteiger partial charge is 0.511 e. The second-order valence-electron chi connectivity index (χ2n) is 10.2. The van der Waals surface area contributed by atoms with Gasteiger partial charge in [0.15, 0.2) is 0 Å². The molecule has 3 N–H and O–H groups in total. The van der Waals surface area contributed by atoms with Crippen molar-refractivity contribution in [1.29, 1.82) is 5.26 Å². The van der Waals surface area contributed by atoms with Gasteiger partial charge in [-0.15, -0.1) is 0 Å². The van der Waals surface area contributed by atoms with Crippen LogP contribution in [-0.2, 0) is 24.4 Å². The molecular formula is C21H32F3N5O5S. The summed E-state index contributed by atoms with van der Waals surface area (Å²) < 4.78 is 64.1. The molecule has 0 bridgehead atoms. The van der Waals surface area contributed by atoms with Crippen LogP contribution in [0.2, 0.25) is 0 Å². The number of nitrogens with zero attached hydrogens (tertiary/aromatic N) is 2. The summed E-state index contributed by atoms with van der Waals surface area (Å²) in [5.74, 6) is -2.30. The van der Waals surface area contributed by atoms with Crippen LogP contribution in [0, 0.1) is 28.6 Å². The first-order valence-corrected chi connectivity index (χ1v) is 12.8. The van der Waals surface area contributed by atoms with Gasteiger partial charge >= 0.3 is 15.5 Å². The van der Waals surface area contributed by atoms with Gasteiger partial charge in [-0.05, 0) is 37.0 Å². The summed E-state index contributed by atoms with van der Waals surface area (Å²) in [6.07, 6.45) is 1.25. The van der Waals surface area contributed by atoms with Crippen molar-refractivity contribution in [3.8, 4) is 6.07 Å². The summed E-state index contributed by atoms with van der Waals surface area (Å²) in [4.78, 5) is 39.4. The summed E-state index contributed by atoms with van der Waals surface area (Å²) in [6.45, 7) is 6.58. The van der Waals surface area contributed by atoms with E-state index in [4.69, 9.17) is 0 Å². The van der Waals surface area contributed by atoms with Crippen molar-refractivity contribution in [1.82, 2.24) is 20.3 Å². The molecule has 0 unspecified atom stereocenters. The highest BCUT2D eigenvalue weighted by molar-refractivity contribution is 7.90. The van der Waals surface area contributed by atoms with E-state index >= 15 is 0 Å². The number of carbonyl (C=O) groups is 3. The van der Waals surface area contributed by atoms with Gasteiger partial charge in [0, 0.05) is 19.0 Å². The molecule has 0 spiro atoms. The molecule has 0 aromatic heterocycles. The van der Waals surface area contributed by atoms with Gasteiger partial charge in [-0.25, -0.2) is 8.42 Å². The molecule has 2 aliphatic heterocycles. The lowest BCUT2D eigenvalue weighted by Gasteiger charge is -2.42. The zero-order chi connectivity index (χ0) is 26.8. The Balaban J connectivity index is 2.26. The van der Waals surface area contributed by atoms with Crippen molar-refractivity contribution in [2.45, 2.75) is 77.0 Å². The number of rotatable bonds is 7. The fourth-order valence-electron chi connectivity index (χ4n) is 4.21. The van der Waals surface area contributed by atoms with E-state index < -0.39 is 56.8 Å². The molecule has 3 amide bonds. The Bertz CT molecular complexity index is 973. The highest BCUT2D eigenvalue weighted by atomic mass is 32.2. The minimum Gasteiger partial charge on any atom is -0.356 e. The minimum absolute atomic E-state index is 0.00380. The summed E-state index contributed by atoms with van der Waals surface area (Å²) in [5, 5.41) is 14.7. The molecule has 2 rings (SSSR count). The molecule has 0 aromatic rings. The number of piperidine rings is 1. The van der Waals surface area contributed by atoms with Crippen molar-refractivity contribution < 1.29 is 36.0 Å². The van der Waals surface area contributed by atoms with E-state index in [0.29, 0.717) is 19.4 Å². The molecule has 2 saturated heterocycles. The lowest BCUT2D eigenvalue weighted by molar-refractivity contribution is -0.146. The Morgan fingerprint density at radius 3 is 2.37 bits per heavy atom. The number of hydrogen-bond acceptors (Lipinski definition) is 6. The Morgan fingerprint density at radius 1 is 1.26 bits per heavy atom. The number of likely N-dealkylation sites (tertiary alicyclic amines) is 1. The third-order valence-electron chi connectivity index (χ3n) is 6.30. The van der Waals surface area contributed by atoms with Gasteiger partial charge < -0.3 is 15.5 Å². The van der Waals surface area contributed by atoms with Gasteiger partial charge in [0.1, 0.15) is 18.1 Å². The highest BCUT2D eigenvalue weighted by Gasteiger charge is 2.51. The first-order valence-electron chi connectivity index (χ1n) is 11.3. The van der Waals surface area contributed by atoms with E-state index in [2.05, 4.69) is 10.6 Å². The lowest BCUT2D eigenvalue weighted by atomic mass is 9.84. The van der Waals surface area contributed by atoms with Crippen LogP contribution in [0.1, 0.15) is 53.4 Å². The summed E-state index contributed by atoms with van der Waals surface area (Å²) >= 11 is 0. The van der Waals surface area contributed by atoms with Crippen LogP contribution in [0.5, 0.6) is 0 Å². The van der Waals surface area contributed by atoms with Crippen molar-refractivity contribution in [2.75, 3.05) is 13.1 Å². The van der Waals surface area contributed by atoms with Crippen molar-refractivity contribution in [3.05, 3.63) is 0 Å². The number of carbonyl (C=O) groups excluding carboxylic acids is 3. The van der Waals surface area contributed by atoms with Crippen LogP contribution in [0.25, 0.3) is 0 Å². The van der Waals surface area contributed by atoms with Crippen molar-refractivity contribution >= 4 is 27.7 Å². The van der Waals surface area contributed by atoms with Gasteiger partial charge in [0.05, 0.1) is 6.07 Å². The molecule has 14 heteroatoms. The zero-order valence-electron chi connectivity index (χ0n) is 20.1. The lowest BCUT2D eigenvalue weighted by Crippen LogP contribution is -2.62. The second-order valence-corrected chi connectivity index (χ2v) is 12.0. The molecule has 35 heavy (non-hydrogen) atoms. The molecule has 2 heterocycles. The number of alkyl halides is 3. The molecule has 2 aliphatic rings. The van der Waals surface area contributed by atoms with E-state index in [1.165, 1.54) is 25.5 Å². The molecule has 198 valence electrons. The molecule has 0 radical (unpaired) electrons. The highest BCUT2D eigenvalue weighted by Crippen LogP contribution is 2.30. The van der Waals surface area contributed by atoms with Crippen LogP contribution in [0.15, 0.2) is 0 Å². The van der Waals surface area contributed by atoms with Crippen LogP contribution in [0.3, 0.4) is 0 Å². The summed E-state index contributed by atoms with van der Waals surface area (Å²) in [7, 11) is -5.83. The molecule has 5 atom stereocenters. The standard InChI is InChI=1S/C21H32F3N5O5S/c1-12-6-8-29(19(32)16(20(2,3)4)28-35(33,34)21(22,23)24)15(9-12)18(31)27-14(11-25)10-13-5-7-26-17(13)30/h12-16,28H,5-10H2,1-4H3,(H,26,30)(H,27,31)/t12-,13-,14-,15-,16+/m0/s1. The van der Waals surface area contributed by atoms with Gasteiger partial charge in [-0.3, -0.25) is 14.4 Å². The maximum absolute atomic E-state index is 13.4. The molecule has 0 aromatic carbocycles. The number of amides is 3. The maximum atomic E-state index is 13.4. The third kappa shape index (κ3) is 7.07. The average molecular weight is 524 g/mol. The van der Waals surface area contributed by atoms with E-state index in [0.717, 1.165) is 4.90 Å². The van der Waals surface area contributed by atoms with Crippen LogP contribution in [0.4, 0.5) is 13.2 Å². The smallest absolute Gasteiger partial charge is 0.356 e. The van der Waals surface area contributed by atoms with E-state index in [-0.39, 0.29) is 31.2 Å². The van der Waals surface area contributed by atoms with Crippen LogP contribution >= 0.6 is 0 Å². The van der Waals surface area contributed by atoms with Gasteiger partial charge in [0.25, 0.3) is 0 Å². The topological polar surface area (TPSA) is 148 Å². The minimum atomic E-state index is -5.83. The molecular weight excluding hydrogens is 491 g/mol. The quantitative estimate of drug-likeness (QED) is 0.453. The number of sulfonamides is 1. The monoisotopic (exact) mass is 523 g/mol. The van der Waals surface area contributed by atoms with Crippen molar-refractivity contribution in [3.63, 3.8) is 0 Å². The van der Waals surface area contributed by atoms with Crippen LogP contribution < -0.4 is 15.4 Å². The maximum Gasteiger partial charge on any atom is 0.511 e. The third-order valence-corrected chi connectivity index (χ3v) is 7.45. The summed E-state index contributed by atoms with van der Waals surface area (Å²) in [5.41, 5.74) is -6.86. The Morgan fingerprint density at radius 2 is 1.89 bits per heavy atom. The predicted molar refractivity (Wildman–Crippen MR) is 119 cm³/mol. The predicted octanol–water partition coefficient (Wildman–Crippen LogP) is 1.00. The van der Waals surface area contributed by atoms with Crippen molar-refractivity contribution in [2.24, 2.45) is 17.3 Å². The SMILES string of the molecule is C[C@H]1CCN(C(=O)[C@@H](NS(=O)(=O)C(F)(F)F)C(C)(C)C)[C@H](C(=O)N[C@H](C#N)C[C@@H]2CCNC2=O)C1. The fraction of sp³-hybridized carbons (Fsp3) is 0.810. The van der Waals surface area contributed by atoms with E-state index in [1.807, 2.05) is 13.0 Å².